The first-order chi connectivity index (χ1) is 13.8. The van der Waals surface area contributed by atoms with Gasteiger partial charge in [-0.25, -0.2) is 0 Å². The van der Waals surface area contributed by atoms with E-state index in [4.69, 9.17) is 4.74 Å². The summed E-state index contributed by atoms with van der Waals surface area (Å²) in [5.41, 5.74) is 2.70. The van der Waals surface area contributed by atoms with Crippen LogP contribution in [0.5, 0.6) is 0 Å². The summed E-state index contributed by atoms with van der Waals surface area (Å²) in [4.78, 5) is 46.7. The third kappa shape index (κ3) is 6.30. The van der Waals surface area contributed by atoms with E-state index < -0.39 is 18.0 Å². The largest absolute Gasteiger partial charge is 0.469 e. The smallest absolute Gasteiger partial charge is 0.309 e. The van der Waals surface area contributed by atoms with E-state index in [-0.39, 0.29) is 30.9 Å². The molecule has 0 aliphatic heterocycles. The maximum atomic E-state index is 12.7. The van der Waals surface area contributed by atoms with Gasteiger partial charge in [-0.1, -0.05) is 32.0 Å². The molecular formula is C21H28N2O6. The zero-order valence-electron chi connectivity index (χ0n) is 17.0. The van der Waals surface area contributed by atoms with Gasteiger partial charge in [0.2, 0.25) is 12.5 Å². The normalized spacial score (nSPS) is 15.9. The lowest BCUT2D eigenvalue weighted by molar-refractivity contribution is -0.159. The fourth-order valence-electron chi connectivity index (χ4n) is 3.18. The molecule has 8 nitrogen and oxygen atoms in total. The van der Waals surface area contributed by atoms with E-state index in [9.17, 15) is 19.2 Å². The molecule has 2 atom stereocenters. The molecule has 1 aliphatic carbocycles. The third-order valence-corrected chi connectivity index (χ3v) is 4.80. The van der Waals surface area contributed by atoms with Crippen molar-refractivity contribution in [2.45, 2.75) is 51.7 Å². The predicted octanol–water partition coefficient (Wildman–Crippen LogP) is 1.21. The van der Waals surface area contributed by atoms with Crippen LogP contribution in [-0.2, 0) is 41.5 Å². The van der Waals surface area contributed by atoms with Gasteiger partial charge in [-0.05, 0) is 30.4 Å². The van der Waals surface area contributed by atoms with Gasteiger partial charge in [0.05, 0.1) is 13.0 Å². The van der Waals surface area contributed by atoms with Crippen LogP contribution >= 0.6 is 0 Å². The Hall–Kier alpha value is -2.90. The summed E-state index contributed by atoms with van der Waals surface area (Å²) in [6, 6.07) is 5.56. The lowest BCUT2D eigenvalue weighted by Gasteiger charge is -2.20. The van der Waals surface area contributed by atoms with E-state index in [0.717, 1.165) is 17.5 Å². The molecule has 0 fully saturated rings. The van der Waals surface area contributed by atoms with Crippen LogP contribution in [0.3, 0.4) is 0 Å². The SMILES string of the molecule is COC(=O)CCCNC(=O)C(OC(=O)C(C)C)c1ccc2c(c1)CC(NC=O)C2. The molecule has 1 aromatic rings. The first-order valence-electron chi connectivity index (χ1n) is 9.72. The van der Waals surface area contributed by atoms with Gasteiger partial charge < -0.3 is 20.1 Å². The van der Waals surface area contributed by atoms with E-state index in [1.54, 1.807) is 19.9 Å². The van der Waals surface area contributed by atoms with Crippen molar-refractivity contribution in [2.24, 2.45) is 5.92 Å². The van der Waals surface area contributed by atoms with Crippen LogP contribution in [0.15, 0.2) is 18.2 Å². The molecule has 0 radical (unpaired) electrons. The summed E-state index contributed by atoms with van der Waals surface area (Å²) in [5.74, 6) is -1.63. The number of benzene rings is 1. The Morgan fingerprint density at radius 2 is 1.93 bits per heavy atom. The van der Waals surface area contributed by atoms with Crippen molar-refractivity contribution in [2.75, 3.05) is 13.7 Å². The molecule has 0 saturated carbocycles. The van der Waals surface area contributed by atoms with Crippen molar-refractivity contribution < 1.29 is 28.7 Å². The van der Waals surface area contributed by atoms with E-state index in [2.05, 4.69) is 15.4 Å². The van der Waals surface area contributed by atoms with Crippen molar-refractivity contribution in [1.29, 1.82) is 0 Å². The van der Waals surface area contributed by atoms with Crippen LogP contribution in [-0.4, -0.2) is 44.0 Å². The Morgan fingerprint density at radius 1 is 1.21 bits per heavy atom. The minimum atomic E-state index is -1.08. The molecule has 29 heavy (non-hydrogen) atoms. The number of methoxy groups -OCH3 is 1. The molecule has 2 amide bonds. The van der Waals surface area contributed by atoms with Crippen LogP contribution in [0.1, 0.15) is 49.5 Å². The Morgan fingerprint density at radius 3 is 2.59 bits per heavy atom. The molecule has 1 aliphatic rings. The number of amides is 2. The number of hydrogen-bond donors (Lipinski definition) is 2. The minimum absolute atomic E-state index is 0.0292. The van der Waals surface area contributed by atoms with Gasteiger partial charge >= 0.3 is 11.9 Å². The van der Waals surface area contributed by atoms with Crippen LogP contribution in [0.4, 0.5) is 0 Å². The van der Waals surface area contributed by atoms with Gasteiger partial charge in [-0.2, -0.15) is 0 Å². The van der Waals surface area contributed by atoms with Gasteiger partial charge in [0.15, 0.2) is 0 Å². The quantitative estimate of drug-likeness (QED) is 0.345. The molecule has 2 N–H and O–H groups in total. The molecular weight excluding hydrogens is 376 g/mol. The zero-order chi connectivity index (χ0) is 21.4. The molecule has 158 valence electrons. The number of nitrogens with one attached hydrogen (secondary N) is 2. The molecule has 8 heteroatoms. The highest BCUT2D eigenvalue weighted by Gasteiger charge is 2.28. The molecule has 1 aromatic carbocycles. The standard InChI is InChI=1S/C21H28N2O6/c1-13(2)21(27)29-19(20(26)22-8-4-5-18(25)28-3)15-7-6-14-10-17(23-12-24)11-16(14)9-15/h6-7,9,12-13,17,19H,4-5,8,10-11H2,1-3H3,(H,22,26)(H,23,24). The molecule has 0 aromatic heterocycles. The number of esters is 2. The van der Waals surface area contributed by atoms with Crippen molar-refractivity contribution in [3.8, 4) is 0 Å². The predicted molar refractivity (Wildman–Crippen MR) is 105 cm³/mol. The zero-order valence-corrected chi connectivity index (χ0v) is 17.0. The molecule has 0 bridgehead atoms. The lowest BCUT2D eigenvalue weighted by Crippen LogP contribution is -2.34. The summed E-state index contributed by atoms with van der Waals surface area (Å²) in [6.07, 6.45) is 1.61. The second-order valence-corrected chi connectivity index (χ2v) is 7.36. The first-order valence-corrected chi connectivity index (χ1v) is 9.72. The molecule has 0 spiro atoms. The number of ether oxygens (including phenoxy) is 2. The highest BCUT2D eigenvalue weighted by Crippen LogP contribution is 2.28. The van der Waals surface area contributed by atoms with Crippen molar-refractivity contribution in [1.82, 2.24) is 10.6 Å². The summed E-state index contributed by atoms with van der Waals surface area (Å²) < 4.78 is 10.1. The fraction of sp³-hybridized carbons (Fsp3) is 0.524. The summed E-state index contributed by atoms with van der Waals surface area (Å²) in [5, 5.41) is 5.49. The number of carbonyl (C=O) groups is 4. The minimum Gasteiger partial charge on any atom is -0.469 e. The van der Waals surface area contributed by atoms with Crippen LogP contribution in [0, 0.1) is 5.92 Å². The van der Waals surface area contributed by atoms with Gasteiger partial charge in [0, 0.05) is 24.6 Å². The average Bonchev–Trinajstić information content (AvgIpc) is 3.10. The van der Waals surface area contributed by atoms with Crippen LogP contribution < -0.4 is 10.6 Å². The maximum absolute atomic E-state index is 12.7. The Balaban J connectivity index is 2.11. The second kappa shape index (κ2) is 10.6. The van der Waals surface area contributed by atoms with E-state index in [1.807, 2.05) is 12.1 Å². The Bertz CT molecular complexity index is 762. The van der Waals surface area contributed by atoms with Crippen LogP contribution in [0.25, 0.3) is 0 Å². The summed E-state index contributed by atoms with van der Waals surface area (Å²) in [6.45, 7) is 3.66. The monoisotopic (exact) mass is 404 g/mol. The Labute approximate surface area is 170 Å². The average molecular weight is 404 g/mol. The third-order valence-electron chi connectivity index (χ3n) is 4.80. The number of rotatable bonds is 10. The van der Waals surface area contributed by atoms with Gasteiger partial charge in [0.25, 0.3) is 5.91 Å². The van der Waals surface area contributed by atoms with Crippen molar-refractivity contribution in [3.05, 3.63) is 34.9 Å². The van der Waals surface area contributed by atoms with E-state index in [0.29, 0.717) is 24.8 Å². The highest BCUT2D eigenvalue weighted by atomic mass is 16.5. The van der Waals surface area contributed by atoms with Gasteiger partial charge in [-0.3, -0.25) is 19.2 Å². The summed E-state index contributed by atoms with van der Waals surface area (Å²) in [7, 11) is 1.31. The Kier molecular flexibility index (Phi) is 8.18. The summed E-state index contributed by atoms with van der Waals surface area (Å²) >= 11 is 0. The van der Waals surface area contributed by atoms with E-state index in [1.165, 1.54) is 7.11 Å². The highest BCUT2D eigenvalue weighted by molar-refractivity contribution is 5.85. The first kappa shape index (κ1) is 22.4. The molecule has 0 saturated heterocycles. The molecule has 2 unspecified atom stereocenters. The number of fused-ring (bicyclic) bond motifs is 1. The number of carbonyl (C=O) groups excluding carboxylic acids is 4. The lowest BCUT2D eigenvalue weighted by atomic mass is 10.0. The van der Waals surface area contributed by atoms with Crippen LogP contribution in [0.2, 0.25) is 0 Å². The van der Waals surface area contributed by atoms with Crippen molar-refractivity contribution in [3.63, 3.8) is 0 Å². The van der Waals surface area contributed by atoms with Crippen molar-refractivity contribution >= 4 is 24.3 Å². The molecule has 2 rings (SSSR count). The topological polar surface area (TPSA) is 111 Å². The fourth-order valence-corrected chi connectivity index (χ4v) is 3.18. The number of hydrogen-bond acceptors (Lipinski definition) is 6. The van der Waals surface area contributed by atoms with E-state index >= 15 is 0 Å². The second-order valence-electron chi connectivity index (χ2n) is 7.36. The maximum Gasteiger partial charge on any atom is 0.309 e. The van der Waals surface area contributed by atoms with Gasteiger partial charge in [0.1, 0.15) is 0 Å². The molecule has 0 heterocycles. The van der Waals surface area contributed by atoms with Gasteiger partial charge in [-0.15, -0.1) is 0 Å².